The van der Waals surface area contributed by atoms with Crippen LogP contribution in [0, 0.1) is 30.6 Å². The Morgan fingerprint density at radius 2 is 1.63 bits per heavy atom. The number of alkyl carbamates (subject to hydrolysis) is 2. The molecule has 0 radical (unpaired) electrons. The van der Waals surface area contributed by atoms with Gasteiger partial charge in [-0.1, -0.05) is 48.5 Å². The molecule has 0 aromatic carbocycles. The summed E-state index contributed by atoms with van der Waals surface area (Å²) in [4.78, 5) is 68.9. The van der Waals surface area contributed by atoms with Crippen LogP contribution >= 0.6 is 11.3 Å². The highest BCUT2D eigenvalue weighted by Gasteiger charge is 2.32. The van der Waals surface area contributed by atoms with E-state index in [0.29, 0.717) is 31.0 Å². The SMILES string of the molecule is Cc1csc(COC(=O)NC(CNC(=O)OC2CCOC2)C(=O)NC(CC(C)C)C(O)CC(C)C(=O)NC(C(=O)NCC(C)C)C(C)C)n1. The highest BCUT2D eigenvalue weighted by atomic mass is 32.1. The van der Waals surface area contributed by atoms with Crippen LogP contribution in [-0.2, 0) is 35.2 Å². The van der Waals surface area contributed by atoms with Crippen molar-refractivity contribution in [2.24, 2.45) is 23.7 Å². The fourth-order valence-electron chi connectivity index (χ4n) is 4.96. The number of thiazole rings is 1. The zero-order chi connectivity index (χ0) is 36.7. The predicted molar refractivity (Wildman–Crippen MR) is 183 cm³/mol. The summed E-state index contributed by atoms with van der Waals surface area (Å²) in [6.45, 7) is 15.7. The van der Waals surface area contributed by atoms with Crippen molar-refractivity contribution >= 4 is 41.2 Å². The number of carbonyl (C=O) groups is 5. The first kappa shape index (κ1) is 41.7. The first-order valence-electron chi connectivity index (χ1n) is 17.0. The number of nitrogens with zero attached hydrogens (tertiary/aromatic N) is 1. The normalized spacial score (nSPS) is 17.5. The van der Waals surface area contributed by atoms with Crippen LogP contribution in [0.4, 0.5) is 9.59 Å². The Labute approximate surface area is 293 Å². The van der Waals surface area contributed by atoms with Gasteiger partial charge in [-0.3, -0.25) is 14.4 Å². The van der Waals surface area contributed by atoms with Gasteiger partial charge in [-0.25, -0.2) is 14.6 Å². The third kappa shape index (κ3) is 15.7. The Morgan fingerprint density at radius 1 is 0.918 bits per heavy atom. The van der Waals surface area contributed by atoms with E-state index in [4.69, 9.17) is 14.2 Å². The van der Waals surface area contributed by atoms with Crippen LogP contribution in [0.3, 0.4) is 0 Å². The number of amides is 5. The van der Waals surface area contributed by atoms with E-state index in [1.165, 1.54) is 11.3 Å². The molecule has 16 heteroatoms. The fourth-order valence-corrected chi connectivity index (χ4v) is 5.64. The smallest absolute Gasteiger partial charge is 0.408 e. The number of aliphatic hydroxyl groups is 1. The Morgan fingerprint density at radius 3 is 2.20 bits per heavy atom. The maximum absolute atomic E-state index is 13.6. The number of aliphatic hydroxyl groups excluding tert-OH is 1. The van der Waals surface area contributed by atoms with Gasteiger partial charge in [-0.15, -0.1) is 11.3 Å². The lowest BCUT2D eigenvalue weighted by Gasteiger charge is -2.30. The number of carbonyl (C=O) groups excluding carboxylic acids is 5. The first-order valence-corrected chi connectivity index (χ1v) is 17.9. The van der Waals surface area contributed by atoms with Crippen LogP contribution in [0.1, 0.15) is 78.4 Å². The van der Waals surface area contributed by atoms with Gasteiger partial charge < -0.3 is 45.9 Å². The van der Waals surface area contributed by atoms with E-state index < -0.39 is 60.3 Å². The minimum Gasteiger partial charge on any atom is -0.444 e. The molecule has 6 N–H and O–H groups in total. The molecule has 0 spiro atoms. The van der Waals surface area contributed by atoms with Gasteiger partial charge in [0.05, 0.1) is 31.9 Å². The van der Waals surface area contributed by atoms with Gasteiger partial charge in [-0.05, 0) is 37.5 Å². The van der Waals surface area contributed by atoms with E-state index in [0.717, 1.165) is 5.69 Å². The monoisotopic (exact) mass is 712 g/mol. The highest BCUT2D eigenvalue weighted by Crippen LogP contribution is 2.17. The summed E-state index contributed by atoms with van der Waals surface area (Å²) in [5.41, 5.74) is 0.782. The standard InChI is InChI=1S/C33H56N6O9S/c1-18(2)11-24(26(40)12-21(7)29(41)39-28(20(5)6)31(43)34-13-19(3)4)37-30(42)25(14-35-32(44)48-23-9-10-46-15-23)38-33(45)47-16-27-36-22(8)17-49-27/h17-21,23-26,28,40H,9-16H2,1-8H3,(H,34,43)(H,35,44)(H,37,42)(H,38,45)(H,39,41). The maximum Gasteiger partial charge on any atom is 0.408 e. The van der Waals surface area contributed by atoms with E-state index in [1.54, 1.807) is 6.92 Å². The van der Waals surface area contributed by atoms with Crippen molar-refractivity contribution in [2.75, 3.05) is 26.3 Å². The molecule has 278 valence electrons. The lowest BCUT2D eigenvalue weighted by atomic mass is 9.91. The first-order chi connectivity index (χ1) is 23.0. The summed E-state index contributed by atoms with van der Waals surface area (Å²) in [5.74, 6) is -1.94. The number of ether oxygens (including phenoxy) is 3. The zero-order valence-corrected chi connectivity index (χ0v) is 30.8. The number of hydrogen-bond acceptors (Lipinski definition) is 11. The van der Waals surface area contributed by atoms with Crippen LogP contribution in [0.2, 0.25) is 0 Å². The summed E-state index contributed by atoms with van der Waals surface area (Å²) in [6, 6.07) is -2.85. The van der Waals surface area contributed by atoms with Crippen LogP contribution in [0.5, 0.6) is 0 Å². The van der Waals surface area contributed by atoms with Crippen molar-refractivity contribution < 1.29 is 43.3 Å². The molecule has 6 atom stereocenters. The minimum atomic E-state index is -1.29. The predicted octanol–water partition coefficient (Wildman–Crippen LogP) is 2.39. The summed E-state index contributed by atoms with van der Waals surface area (Å²) < 4.78 is 15.8. The molecule has 49 heavy (non-hydrogen) atoms. The highest BCUT2D eigenvalue weighted by molar-refractivity contribution is 7.09. The molecular formula is C33H56N6O9S. The second-order valence-electron chi connectivity index (χ2n) is 13.7. The van der Waals surface area contributed by atoms with Crippen molar-refractivity contribution in [3.05, 3.63) is 16.1 Å². The molecule has 0 saturated carbocycles. The summed E-state index contributed by atoms with van der Waals surface area (Å²) >= 11 is 1.32. The molecule has 1 aliphatic rings. The van der Waals surface area contributed by atoms with E-state index in [9.17, 15) is 29.1 Å². The molecule has 0 aliphatic carbocycles. The van der Waals surface area contributed by atoms with Gasteiger partial charge in [-0.2, -0.15) is 0 Å². The van der Waals surface area contributed by atoms with Gasteiger partial charge in [0.25, 0.3) is 0 Å². The number of nitrogens with one attached hydrogen (secondary N) is 5. The molecule has 1 saturated heterocycles. The van der Waals surface area contributed by atoms with Crippen LogP contribution in [-0.4, -0.2) is 96.6 Å². The van der Waals surface area contributed by atoms with Crippen molar-refractivity contribution in [3.8, 4) is 0 Å². The molecule has 15 nitrogen and oxygen atoms in total. The average molecular weight is 713 g/mol. The number of rotatable bonds is 19. The lowest BCUT2D eigenvalue weighted by Crippen LogP contribution is -2.57. The van der Waals surface area contributed by atoms with E-state index >= 15 is 0 Å². The van der Waals surface area contributed by atoms with E-state index in [-0.39, 0.29) is 49.8 Å². The van der Waals surface area contributed by atoms with Gasteiger partial charge in [0.1, 0.15) is 29.8 Å². The van der Waals surface area contributed by atoms with Crippen LogP contribution in [0.15, 0.2) is 5.38 Å². The molecule has 2 heterocycles. The molecule has 0 bridgehead atoms. The molecule has 1 aromatic heterocycles. The van der Waals surface area contributed by atoms with Gasteiger partial charge in [0.2, 0.25) is 17.7 Å². The van der Waals surface area contributed by atoms with E-state index in [1.807, 2.05) is 53.8 Å². The van der Waals surface area contributed by atoms with Crippen LogP contribution < -0.4 is 26.6 Å². The summed E-state index contributed by atoms with van der Waals surface area (Å²) in [6.07, 6.45) is -2.36. The summed E-state index contributed by atoms with van der Waals surface area (Å²) in [7, 11) is 0. The molecule has 5 amide bonds. The second kappa shape index (κ2) is 20.9. The number of aryl methyl sites for hydroxylation is 1. The second-order valence-corrected chi connectivity index (χ2v) is 14.7. The summed E-state index contributed by atoms with van der Waals surface area (Å²) in [5, 5.41) is 27.1. The fraction of sp³-hybridized carbons (Fsp3) is 0.758. The Hall–Kier alpha value is -3.50. The number of hydrogen-bond donors (Lipinski definition) is 6. The molecular weight excluding hydrogens is 656 g/mol. The van der Waals surface area contributed by atoms with Gasteiger partial charge >= 0.3 is 12.2 Å². The quantitative estimate of drug-likeness (QED) is 0.124. The van der Waals surface area contributed by atoms with Gasteiger partial charge in [0, 0.05) is 30.0 Å². The third-order valence-electron chi connectivity index (χ3n) is 7.71. The molecule has 1 fully saturated rings. The van der Waals surface area contributed by atoms with Crippen LogP contribution in [0.25, 0.3) is 0 Å². The lowest BCUT2D eigenvalue weighted by molar-refractivity contribution is -0.132. The number of aromatic nitrogens is 1. The van der Waals surface area contributed by atoms with Crippen molar-refractivity contribution in [1.29, 1.82) is 0 Å². The molecule has 6 unspecified atom stereocenters. The topological polar surface area (TPSA) is 206 Å². The van der Waals surface area contributed by atoms with E-state index in [2.05, 4.69) is 31.6 Å². The van der Waals surface area contributed by atoms with Gasteiger partial charge in [0.15, 0.2) is 0 Å². The molecule has 2 rings (SSSR count). The molecule has 1 aliphatic heterocycles. The third-order valence-corrected chi connectivity index (χ3v) is 8.65. The Kier molecular flexibility index (Phi) is 17.8. The molecule has 1 aromatic rings. The zero-order valence-electron chi connectivity index (χ0n) is 30.0. The maximum atomic E-state index is 13.6. The Bertz CT molecular complexity index is 1220. The van der Waals surface area contributed by atoms with Crippen molar-refractivity contribution in [2.45, 2.75) is 112 Å². The minimum absolute atomic E-state index is 0.0106. The van der Waals surface area contributed by atoms with Crippen molar-refractivity contribution in [3.63, 3.8) is 0 Å². The largest absolute Gasteiger partial charge is 0.444 e. The van der Waals surface area contributed by atoms with Crippen molar-refractivity contribution in [1.82, 2.24) is 31.6 Å². The average Bonchev–Trinajstić information content (AvgIpc) is 3.69. The Balaban J connectivity index is 2.09.